The molecule has 182 valence electrons. The van der Waals surface area contributed by atoms with Gasteiger partial charge in [-0.25, -0.2) is 9.37 Å². The number of hydrogen-bond acceptors (Lipinski definition) is 5. The Labute approximate surface area is 205 Å². The van der Waals surface area contributed by atoms with Gasteiger partial charge in [-0.05, 0) is 79.1 Å². The van der Waals surface area contributed by atoms with Crippen molar-refractivity contribution in [3.05, 3.63) is 76.7 Å². The van der Waals surface area contributed by atoms with Gasteiger partial charge in [0.2, 0.25) is 5.88 Å². The van der Waals surface area contributed by atoms with Crippen molar-refractivity contribution in [1.29, 1.82) is 0 Å². The van der Waals surface area contributed by atoms with Crippen LogP contribution in [0.4, 0.5) is 4.39 Å². The molecule has 0 spiro atoms. The summed E-state index contributed by atoms with van der Waals surface area (Å²) in [5.74, 6) is 1.72. The summed E-state index contributed by atoms with van der Waals surface area (Å²) in [5.41, 5.74) is 5.90. The van der Waals surface area contributed by atoms with E-state index in [2.05, 4.69) is 24.0 Å². The van der Waals surface area contributed by atoms with Crippen LogP contribution >= 0.6 is 0 Å². The summed E-state index contributed by atoms with van der Waals surface area (Å²) in [7, 11) is 0. The van der Waals surface area contributed by atoms with Gasteiger partial charge in [0.15, 0.2) is 6.10 Å². The van der Waals surface area contributed by atoms with E-state index >= 15 is 0 Å². The number of pyridine rings is 1. The van der Waals surface area contributed by atoms with Crippen LogP contribution in [-0.2, 0) is 28.9 Å². The molecule has 1 aromatic heterocycles. The van der Waals surface area contributed by atoms with Crippen LogP contribution in [0, 0.1) is 18.7 Å². The van der Waals surface area contributed by atoms with Crippen molar-refractivity contribution in [3.63, 3.8) is 0 Å². The number of benzene rings is 2. The van der Waals surface area contributed by atoms with E-state index in [0.29, 0.717) is 30.6 Å². The molecular weight excluding hydrogens is 445 g/mol. The lowest BCUT2D eigenvalue weighted by molar-refractivity contribution is 0.0289. The molecule has 0 amide bonds. The molecule has 2 aliphatic heterocycles. The zero-order valence-corrected chi connectivity index (χ0v) is 20.1. The standard InChI is InChI=1S/C29H30FNO4/c1-17-11-19-3-5-23(14-21(19)12-17)33-15-22-13-20(4-7-25(22)30)24-6-8-28(31-18(24)2)35-27-16-34-26-9-10-32-29(26)27/h3-8,13-14,17,26-27,29H,9-12,15-16H2,1-2H3/t17?,26-,27?,29+/m1/s1. The second-order valence-electron chi connectivity index (χ2n) is 9.97. The van der Waals surface area contributed by atoms with E-state index in [-0.39, 0.29) is 30.7 Å². The summed E-state index contributed by atoms with van der Waals surface area (Å²) >= 11 is 0. The topological polar surface area (TPSA) is 49.8 Å². The summed E-state index contributed by atoms with van der Waals surface area (Å²) in [6, 6.07) is 15.2. The average molecular weight is 476 g/mol. The number of ether oxygens (including phenoxy) is 4. The van der Waals surface area contributed by atoms with Gasteiger partial charge < -0.3 is 18.9 Å². The maximum atomic E-state index is 14.6. The first-order valence-corrected chi connectivity index (χ1v) is 12.4. The molecule has 0 radical (unpaired) electrons. The Hall–Kier alpha value is -2.96. The largest absolute Gasteiger partial charge is 0.489 e. The fourth-order valence-corrected chi connectivity index (χ4v) is 5.51. The SMILES string of the molecule is Cc1nc(OC2CO[C@@H]3CCO[C@H]23)ccc1-c1ccc(F)c(COc2ccc3c(c2)CC(C)C3)c1. The monoisotopic (exact) mass is 475 g/mol. The van der Waals surface area contributed by atoms with Gasteiger partial charge in [0, 0.05) is 29.5 Å². The first-order chi connectivity index (χ1) is 17.0. The van der Waals surface area contributed by atoms with Crippen LogP contribution in [0.3, 0.4) is 0 Å². The second kappa shape index (κ2) is 9.25. The Kier molecular flexibility index (Phi) is 5.94. The first kappa shape index (κ1) is 22.5. The molecule has 3 heterocycles. The highest BCUT2D eigenvalue weighted by atomic mass is 19.1. The molecule has 4 atom stereocenters. The Bertz CT molecular complexity index is 1250. The van der Waals surface area contributed by atoms with Crippen LogP contribution < -0.4 is 9.47 Å². The smallest absolute Gasteiger partial charge is 0.213 e. The fraction of sp³-hybridized carbons (Fsp3) is 0.414. The third kappa shape index (κ3) is 4.53. The molecule has 2 unspecified atom stereocenters. The van der Waals surface area contributed by atoms with Crippen molar-refractivity contribution in [2.45, 2.75) is 58.0 Å². The van der Waals surface area contributed by atoms with E-state index < -0.39 is 0 Å². The van der Waals surface area contributed by atoms with Crippen molar-refractivity contribution in [1.82, 2.24) is 4.98 Å². The number of hydrogen-bond donors (Lipinski definition) is 0. The van der Waals surface area contributed by atoms with E-state index in [9.17, 15) is 4.39 Å². The predicted molar refractivity (Wildman–Crippen MR) is 130 cm³/mol. The quantitative estimate of drug-likeness (QED) is 0.475. The van der Waals surface area contributed by atoms with Crippen LogP contribution in [-0.4, -0.2) is 36.5 Å². The minimum absolute atomic E-state index is 0.0227. The van der Waals surface area contributed by atoms with E-state index in [4.69, 9.17) is 18.9 Å². The summed E-state index contributed by atoms with van der Waals surface area (Å²) in [6.45, 7) is 5.60. The van der Waals surface area contributed by atoms with Crippen molar-refractivity contribution >= 4 is 0 Å². The number of halogens is 1. The van der Waals surface area contributed by atoms with Crippen LogP contribution in [0.25, 0.3) is 11.1 Å². The molecule has 1 aliphatic carbocycles. The van der Waals surface area contributed by atoms with Gasteiger partial charge in [-0.1, -0.05) is 19.1 Å². The Morgan fingerprint density at radius 3 is 2.80 bits per heavy atom. The molecule has 0 N–H and O–H groups in total. The van der Waals surface area contributed by atoms with Crippen molar-refractivity contribution < 1.29 is 23.3 Å². The highest BCUT2D eigenvalue weighted by Gasteiger charge is 2.43. The molecule has 2 aromatic carbocycles. The predicted octanol–water partition coefficient (Wildman–Crippen LogP) is 5.44. The maximum Gasteiger partial charge on any atom is 0.213 e. The van der Waals surface area contributed by atoms with Crippen LogP contribution in [0.2, 0.25) is 0 Å². The normalized spacial score (nSPS) is 24.9. The fourth-order valence-electron chi connectivity index (χ4n) is 5.51. The number of nitrogens with zero attached hydrogens (tertiary/aromatic N) is 1. The maximum absolute atomic E-state index is 14.6. The molecule has 35 heavy (non-hydrogen) atoms. The summed E-state index contributed by atoms with van der Waals surface area (Å²) in [4.78, 5) is 4.65. The van der Waals surface area contributed by atoms with Crippen LogP contribution in [0.1, 0.15) is 35.7 Å². The van der Waals surface area contributed by atoms with E-state index in [1.165, 1.54) is 17.2 Å². The third-order valence-corrected chi connectivity index (χ3v) is 7.32. The number of rotatable bonds is 6. The van der Waals surface area contributed by atoms with Gasteiger partial charge in [-0.2, -0.15) is 0 Å². The summed E-state index contributed by atoms with van der Waals surface area (Å²) in [5, 5.41) is 0. The van der Waals surface area contributed by atoms with Gasteiger partial charge in [-0.15, -0.1) is 0 Å². The Morgan fingerprint density at radius 2 is 1.91 bits per heavy atom. The van der Waals surface area contributed by atoms with Crippen LogP contribution in [0.5, 0.6) is 11.6 Å². The number of fused-ring (bicyclic) bond motifs is 2. The van der Waals surface area contributed by atoms with Crippen molar-refractivity contribution in [2.24, 2.45) is 5.92 Å². The Morgan fingerprint density at radius 1 is 1.03 bits per heavy atom. The first-order valence-electron chi connectivity index (χ1n) is 12.4. The lowest BCUT2D eigenvalue weighted by atomic mass is 10.0. The lowest BCUT2D eigenvalue weighted by Crippen LogP contribution is -2.32. The van der Waals surface area contributed by atoms with Gasteiger partial charge in [0.25, 0.3) is 0 Å². The number of aryl methyl sites for hydroxylation is 1. The molecular formula is C29H30FNO4. The highest BCUT2D eigenvalue weighted by molar-refractivity contribution is 5.67. The minimum atomic E-state index is -0.276. The van der Waals surface area contributed by atoms with Gasteiger partial charge in [0.1, 0.15) is 24.3 Å². The van der Waals surface area contributed by atoms with E-state index in [0.717, 1.165) is 41.8 Å². The Balaban J connectivity index is 1.16. The highest BCUT2D eigenvalue weighted by Crippen LogP contribution is 2.32. The third-order valence-electron chi connectivity index (χ3n) is 7.32. The van der Waals surface area contributed by atoms with Gasteiger partial charge >= 0.3 is 0 Å². The zero-order chi connectivity index (χ0) is 23.9. The zero-order valence-electron chi connectivity index (χ0n) is 20.1. The van der Waals surface area contributed by atoms with E-state index in [1.807, 2.05) is 31.2 Å². The van der Waals surface area contributed by atoms with Crippen molar-refractivity contribution in [3.8, 4) is 22.8 Å². The molecule has 0 saturated carbocycles. The van der Waals surface area contributed by atoms with Crippen LogP contribution in [0.15, 0.2) is 48.5 Å². The molecule has 6 heteroatoms. The second-order valence-corrected chi connectivity index (χ2v) is 9.97. The summed E-state index contributed by atoms with van der Waals surface area (Å²) < 4.78 is 38.2. The molecule has 0 bridgehead atoms. The summed E-state index contributed by atoms with van der Waals surface area (Å²) in [6.07, 6.45) is 3.07. The minimum Gasteiger partial charge on any atom is -0.489 e. The molecule has 3 aliphatic rings. The molecule has 5 nitrogen and oxygen atoms in total. The molecule has 6 rings (SSSR count). The van der Waals surface area contributed by atoms with E-state index in [1.54, 1.807) is 6.07 Å². The average Bonchev–Trinajstić information content (AvgIpc) is 3.55. The lowest BCUT2D eigenvalue weighted by Gasteiger charge is -2.18. The molecule has 2 saturated heterocycles. The van der Waals surface area contributed by atoms with Crippen molar-refractivity contribution in [2.75, 3.05) is 13.2 Å². The molecule has 2 fully saturated rings. The molecule has 3 aromatic rings. The van der Waals surface area contributed by atoms with Gasteiger partial charge in [0.05, 0.1) is 12.7 Å². The number of aromatic nitrogens is 1. The van der Waals surface area contributed by atoms with Gasteiger partial charge in [-0.3, -0.25) is 0 Å².